The van der Waals surface area contributed by atoms with Crippen molar-refractivity contribution in [2.45, 2.75) is 123 Å². The zero-order valence-corrected chi connectivity index (χ0v) is 21.3. The highest BCUT2D eigenvalue weighted by molar-refractivity contribution is 5.72. The fourth-order valence-corrected chi connectivity index (χ4v) is 4.26. The molecule has 0 aromatic heterocycles. The van der Waals surface area contributed by atoms with E-state index >= 15 is 0 Å². The summed E-state index contributed by atoms with van der Waals surface area (Å²) in [7, 11) is 1.65. The van der Waals surface area contributed by atoms with Crippen LogP contribution in [0.2, 0.25) is 0 Å². The molecular formula is C29H50O3. The van der Waals surface area contributed by atoms with Crippen molar-refractivity contribution in [3.05, 3.63) is 29.8 Å². The van der Waals surface area contributed by atoms with Gasteiger partial charge in [-0.15, -0.1) is 0 Å². The number of rotatable bonds is 21. The number of methoxy groups -OCH3 is 1. The summed E-state index contributed by atoms with van der Waals surface area (Å²) < 4.78 is 10.9. The van der Waals surface area contributed by atoms with Crippen molar-refractivity contribution in [2.24, 2.45) is 5.92 Å². The first-order valence-corrected chi connectivity index (χ1v) is 13.5. The molecule has 0 saturated carbocycles. The Labute approximate surface area is 198 Å². The van der Waals surface area contributed by atoms with Crippen LogP contribution in [-0.4, -0.2) is 19.7 Å². The van der Waals surface area contributed by atoms with E-state index in [-0.39, 0.29) is 5.97 Å². The number of unbranched alkanes of at least 4 members (excludes halogenated alkanes) is 12. The molecule has 0 aliphatic rings. The Balaban J connectivity index is 2.32. The lowest BCUT2D eigenvalue weighted by Crippen LogP contribution is -2.16. The molecule has 0 radical (unpaired) electrons. The first-order chi connectivity index (χ1) is 15.7. The largest absolute Gasteiger partial charge is 0.497 e. The summed E-state index contributed by atoms with van der Waals surface area (Å²) in [4.78, 5) is 12.4. The maximum Gasteiger partial charge on any atom is 0.310 e. The van der Waals surface area contributed by atoms with Crippen LogP contribution in [0, 0.1) is 5.92 Å². The van der Waals surface area contributed by atoms with Gasteiger partial charge in [-0.25, -0.2) is 0 Å². The molecule has 0 bridgehead atoms. The van der Waals surface area contributed by atoms with E-state index < -0.39 is 0 Å². The number of benzene rings is 1. The molecule has 0 N–H and O–H groups in total. The van der Waals surface area contributed by atoms with Crippen molar-refractivity contribution in [3.8, 4) is 5.75 Å². The van der Waals surface area contributed by atoms with Gasteiger partial charge in [0.2, 0.25) is 0 Å². The zero-order chi connectivity index (χ0) is 23.3. The Morgan fingerprint density at radius 3 is 1.66 bits per heavy atom. The Morgan fingerprint density at radius 2 is 1.19 bits per heavy atom. The van der Waals surface area contributed by atoms with Gasteiger partial charge in [-0.1, -0.05) is 116 Å². The minimum Gasteiger partial charge on any atom is -0.497 e. The predicted octanol–water partition coefficient (Wildman–Crippen LogP) is 8.68. The SMILES string of the molecule is CCCCCCCCCCC(CCCCCCCC)COC(=O)Cc1ccc(OC)cc1. The van der Waals surface area contributed by atoms with E-state index in [1.807, 2.05) is 24.3 Å². The van der Waals surface area contributed by atoms with Crippen LogP contribution >= 0.6 is 0 Å². The molecule has 0 amide bonds. The van der Waals surface area contributed by atoms with Crippen LogP contribution in [0.1, 0.15) is 122 Å². The van der Waals surface area contributed by atoms with Gasteiger partial charge in [0.05, 0.1) is 20.1 Å². The molecule has 0 saturated heterocycles. The van der Waals surface area contributed by atoms with E-state index in [9.17, 15) is 4.79 Å². The van der Waals surface area contributed by atoms with E-state index in [1.165, 1.54) is 103 Å². The summed E-state index contributed by atoms with van der Waals surface area (Å²) in [6.07, 6.45) is 21.4. The monoisotopic (exact) mass is 446 g/mol. The van der Waals surface area contributed by atoms with E-state index in [2.05, 4.69) is 13.8 Å². The Morgan fingerprint density at radius 1 is 0.719 bits per heavy atom. The molecule has 1 unspecified atom stereocenters. The Bertz CT molecular complexity index is 552. The van der Waals surface area contributed by atoms with Crippen LogP contribution in [0.4, 0.5) is 0 Å². The maximum atomic E-state index is 12.4. The second-order valence-electron chi connectivity index (χ2n) is 9.39. The molecule has 3 nitrogen and oxygen atoms in total. The molecule has 0 heterocycles. The Hall–Kier alpha value is -1.51. The molecule has 1 aromatic rings. The van der Waals surface area contributed by atoms with Crippen LogP contribution < -0.4 is 4.74 Å². The van der Waals surface area contributed by atoms with E-state index in [4.69, 9.17) is 9.47 Å². The lowest BCUT2D eigenvalue weighted by atomic mass is 9.94. The van der Waals surface area contributed by atoms with Gasteiger partial charge in [0.15, 0.2) is 0 Å². The Kier molecular flexibility index (Phi) is 17.9. The molecule has 0 aliphatic heterocycles. The summed E-state index contributed by atoms with van der Waals surface area (Å²) >= 11 is 0. The fraction of sp³-hybridized carbons (Fsp3) is 0.759. The average Bonchev–Trinajstić information content (AvgIpc) is 2.81. The van der Waals surface area contributed by atoms with Gasteiger partial charge in [-0.3, -0.25) is 4.79 Å². The molecule has 0 spiro atoms. The van der Waals surface area contributed by atoms with E-state index in [0.717, 1.165) is 11.3 Å². The molecule has 32 heavy (non-hydrogen) atoms. The van der Waals surface area contributed by atoms with E-state index in [0.29, 0.717) is 18.9 Å². The highest BCUT2D eigenvalue weighted by atomic mass is 16.5. The highest BCUT2D eigenvalue weighted by Crippen LogP contribution is 2.20. The van der Waals surface area contributed by atoms with Gasteiger partial charge in [-0.2, -0.15) is 0 Å². The van der Waals surface area contributed by atoms with Crippen LogP contribution in [0.3, 0.4) is 0 Å². The number of hydrogen-bond acceptors (Lipinski definition) is 3. The number of hydrogen-bond donors (Lipinski definition) is 0. The van der Waals surface area contributed by atoms with Crippen molar-refractivity contribution in [2.75, 3.05) is 13.7 Å². The molecule has 1 aromatic carbocycles. The van der Waals surface area contributed by atoms with Crippen molar-refractivity contribution in [3.63, 3.8) is 0 Å². The lowest BCUT2D eigenvalue weighted by Gasteiger charge is -2.17. The van der Waals surface area contributed by atoms with Crippen molar-refractivity contribution >= 4 is 5.97 Å². The number of carbonyl (C=O) groups is 1. The van der Waals surface area contributed by atoms with Crippen LogP contribution in [-0.2, 0) is 16.0 Å². The third-order valence-electron chi connectivity index (χ3n) is 6.42. The molecular weight excluding hydrogens is 396 g/mol. The van der Waals surface area contributed by atoms with Gasteiger partial charge in [0.1, 0.15) is 5.75 Å². The maximum absolute atomic E-state index is 12.4. The van der Waals surface area contributed by atoms with Crippen LogP contribution in [0.25, 0.3) is 0 Å². The fourth-order valence-electron chi connectivity index (χ4n) is 4.26. The summed E-state index contributed by atoms with van der Waals surface area (Å²) in [5, 5.41) is 0. The smallest absolute Gasteiger partial charge is 0.310 e. The standard InChI is InChI=1S/C29H50O3/c1-4-6-8-10-12-13-15-17-19-27(18-16-14-11-9-7-5-2)25-32-29(30)24-26-20-22-28(31-3)23-21-26/h20-23,27H,4-19,24-25H2,1-3H3. The second-order valence-corrected chi connectivity index (χ2v) is 9.39. The second kappa shape index (κ2) is 20.1. The van der Waals surface area contributed by atoms with Crippen molar-refractivity contribution < 1.29 is 14.3 Å². The zero-order valence-electron chi connectivity index (χ0n) is 21.3. The summed E-state index contributed by atoms with van der Waals surface area (Å²) in [6, 6.07) is 7.67. The number of esters is 1. The van der Waals surface area contributed by atoms with E-state index in [1.54, 1.807) is 7.11 Å². The van der Waals surface area contributed by atoms with Gasteiger partial charge < -0.3 is 9.47 Å². The number of carbonyl (C=O) groups excluding carboxylic acids is 1. The van der Waals surface area contributed by atoms with Gasteiger partial charge >= 0.3 is 5.97 Å². The summed E-state index contributed by atoms with van der Waals surface area (Å²) in [6.45, 7) is 5.12. The molecule has 0 aliphatic carbocycles. The van der Waals surface area contributed by atoms with Gasteiger partial charge in [-0.05, 0) is 36.5 Å². The summed E-state index contributed by atoms with van der Waals surface area (Å²) in [5.74, 6) is 1.21. The highest BCUT2D eigenvalue weighted by Gasteiger charge is 2.13. The lowest BCUT2D eigenvalue weighted by molar-refractivity contribution is -0.144. The van der Waals surface area contributed by atoms with Crippen molar-refractivity contribution in [1.82, 2.24) is 0 Å². The minimum absolute atomic E-state index is 0.112. The summed E-state index contributed by atoms with van der Waals surface area (Å²) in [5.41, 5.74) is 0.978. The van der Waals surface area contributed by atoms with Gasteiger partial charge in [0.25, 0.3) is 0 Å². The minimum atomic E-state index is -0.112. The van der Waals surface area contributed by atoms with Gasteiger partial charge in [0, 0.05) is 0 Å². The molecule has 0 fully saturated rings. The third-order valence-corrected chi connectivity index (χ3v) is 6.42. The average molecular weight is 447 g/mol. The predicted molar refractivity (Wildman–Crippen MR) is 136 cm³/mol. The first kappa shape index (κ1) is 28.5. The molecule has 1 atom stereocenters. The molecule has 3 heteroatoms. The molecule has 1 rings (SSSR count). The first-order valence-electron chi connectivity index (χ1n) is 13.5. The number of ether oxygens (including phenoxy) is 2. The van der Waals surface area contributed by atoms with Crippen LogP contribution in [0.15, 0.2) is 24.3 Å². The quantitative estimate of drug-likeness (QED) is 0.140. The van der Waals surface area contributed by atoms with Crippen molar-refractivity contribution in [1.29, 1.82) is 0 Å². The molecule has 184 valence electrons. The normalized spacial score (nSPS) is 12.0. The topological polar surface area (TPSA) is 35.5 Å². The third kappa shape index (κ3) is 15.3. The van der Waals surface area contributed by atoms with Crippen LogP contribution in [0.5, 0.6) is 5.75 Å².